The number of carbonyl (C=O) groups excluding carboxylic acids is 1. The molecule has 3 rings (SSSR count). The summed E-state index contributed by atoms with van der Waals surface area (Å²) < 4.78 is 0.849. The Bertz CT molecular complexity index is 1100. The third kappa shape index (κ3) is 3.56. The van der Waals surface area contributed by atoms with Gasteiger partial charge in [0.15, 0.2) is 0 Å². The lowest BCUT2D eigenvalue weighted by Gasteiger charge is -2.29. The van der Waals surface area contributed by atoms with Crippen LogP contribution in [-0.4, -0.2) is 29.0 Å². The minimum Gasteiger partial charge on any atom is -0.367 e. The molecule has 1 amide bonds. The lowest BCUT2D eigenvalue weighted by atomic mass is 9.88. The van der Waals surface area contributed by atoms with Crippen molar-refractivity contribution in [3.63, 3.8) is 0 Å². The Balaban J connectivity index is 2.41. The largest absolute Gasteiger partial charge is 0.367 e. The lowest BCUT2D eigenvalue weighted by molar-refractivity contribution is 0.0964. The summed E-state index contributed by atoms with van der Waals surface area (Å²) in [5.41, 5.74) is 0.451. The van der Waals surface area contributed by atoms with E-state index in [0.717, 1.165) is 15.2 Å². The number of rotatable bonds is 3. The molecule has 0 radical (unpaired) electrons. The number of nitrogens with zero attached hydrogens (tertiary/aromatic N) is 1. The number of aromatic nitrogens is 2. The van der Waals surface area contributed by atoms with Gasteiger partial charge in [-0.3, -0.25) is 9.59 Å². The standard InChI is InChI=1S/C20H23BrN4O2/c1-10(20(2,3)4)24-17-12-7-6-11(21)8-13(12)15-16(25-17)14(18(26)22-5)9-23-19(15)27/h6-10H,1-5H3,(H,22,26)(H,23,27)(H,24,25). The number of hydrogen-bond acceptors (Lipinski definition) is 4. The number of amides is 1. The third-order valence-corrected chi connectivity index (χ3v) is 5.41. The van der Waals surface area contributed by atoms with Crippen LogP contribution in [0.4, 0.5) is 5.82 Å². The number of benzene rings is 1. The summed E-state index contributed by atoms with van der Waals surface area (Å²) in [6.07, 6.45) is 1.41. The Morgan fingerprint density at radius 1 is 1.26 bits per heavy atom. The lowest BCUT2D eigenvalue weighted by Crippen LogP contribution is -2.31. The van der Waals surface area contributed by atoms with Crippen LogP contribution in [0.15, 0.2) is 33.7 Å². The van der Waals surface area contributed by atoms with Crippen LogP contribution in [0.3, 0.4) is 0 Å². The smallest absolute Gasteiger partial charge is 0.258 e. The monoisotopic (exact) mass is 430 g/mol. The fourth-order valence-electron chi connectivity index (χ4n) is 2.83. The molecule has 0 bridgehead atoms. The van der Waals surface area contributed by atoms with Crippen LogP contribution in [0.25, 0.3) is 21.7 Å². The molecule has 3 N–H and O–H groups in total. The Labute approximate surface area is 165 Å². The molecule has 0 spiro atoms. The highest BCUT2D eigenvalue weighted by Crippen LogP contribution is 2.33. The number of aromatic amines is 1. The number of carbonyl (C=O) groups is 1. The molecule has 1 atom stereocenters. The summed E-state index contributed by atoms with van der Waals surface area (Å²) in [6.45, 7) is 8.52. The molecule has 142 valence electrons. The maximum Gasteiger partial charge on any atom is 0.258 e. The van der Waals surface area contributed by atoms with Crippen molar-refractivity contribution in [1.29, 1.82) is 0 Å². The van der Waals surface area contributed by atoms with E-state index in [1.54, 1.807) is 7.05 Å². The van der Waals surface area contributed by atoms with Crippen LogP contribution in [0.2, 0.25) is 0 Å². The zero-order valence-corrected chi connectivity index (χ0v) is 17.6. The highest BCUT2D eigenvalue weighted by Gasteiger charge is 2.23. The molecule has 1 unspecified atom stereocenters. The van der Waals surface area contributed by atoms with Gasteiger partial charge in [0.05, 0.1) is 16.5 Å². The molecule has 6 nitrogen and oxygen atoms in total. The number of hydrogen-bond donors (Lipinski definition) is 3. The summed E-state index contributed by atoms with van der Waals surface area (Å²) in [5.74, 6) is 0.357. The summed E-state index contributed by atoms with van der Waals surface area (Å²) in [6, 6.07) is 5.85. The minimum absolute atomic E-state index is 0.0100. The van der Waals surface area contributed by atoms with Gasteiger partial charge in [-0.05, 0) is 30.5 Å². The van der Waals surface area contributed by atoms with Gasteiger partial charge in [0.1, 0.15) is 5.82 Å². The number of fused-ring (bicyclic) bond motifs is 3. The first kappa shape index (κ1) is 19.4. The van der Waals surface area contributed by atoms with Crippen LogP contribution in [-0.2, 0) is 0 Å². The van der Waals surface area contributed by atoms with Crippen LogP contribution >= 0.6 is 15.9 Å². The minimum atomic E-state index is -0.298. The van der Waals surface area contributed by atoms with E-state index >= 15 is 0 Å². The number of anilines is 1. The first-order chi connectivity index (χ1) is 12.6. The Hall–Kier alpha value is -2.41. The normalized spacial score (nSPS) is 13.0. The quantitative estimate of drug-likeness (QED) is 0.547. The Kier molecular flexibility index (Phi) is 4.99. The summed E-state index contributed by atoms with van der Waals surface area (Å²) in [4.78, 5) is 32.3. The molecule has 0 aliphatic carbocycles. The molecule has 0 aliphatic heterocycles. The fourth-order valence-corrected chi connectivity index (χ4v) is 3.19. The van der Waals surface area contributed by atoms with Crippen LogP contribution < -0.4 is 16.2 Å². The van der Waals surface area contributed by atoms with E-state index in [0.29, 0.717) is 22.3 Å². The molecule has 2 aromatic heterocycles. The van der Waals surface area contributed by atoms with Crippen molar-refractivity contribution in [3.8, 4) is 0 Å². The molecular weight excluding hydrogens is 408 g/mol. The number of halogens is 1. The van der Waals surface area contributed by atoms with Gasteiger partial charge in [-0.2, -0.15) is 0 Å². The van der Waals surface area contributed by atoms with Gasteiger partial charge in [0, 0.05) is 34.5 Å². The van der Waals surface area contributed by atoms with Gasteiger partial charge in [0.2, 0.25) is 0 Å². The van der Waals surface area contributed by atoms with E-state index in [4.69, 9.17) is 4.98 Å². The van der Waals surface area contributed by atoms with Gasteiger partial charge in [0.25, 0.3) is 11.5 Å². The summed E-state index contributed by atoms with van der Waals surface area (Å²) in [5, 5.41) is 8.06. The van der Waals surface area contributed by atoms with E-state index in [1.807, 2.05) is 18.2 Å². The van der Waals surface area contributed by atoms with Gasteiger partial charge in [-0.25, -0.2) is 4.98 Å². The molecule has 1 aromatic carbocycles. The maximum absolute atomic E-state index is 12.6. The molecule has 0 saturated heterocycles. The molecule has 0 fully saturated rings. The fraction of sp³-hybridized carbons (Fsp3) is 0.350. The second kappa shape index (κ2) is 6.96. The second-order valence-corrected chi connectivity index (χ2v) is 8.63. The molecule has 0 aliphatic rings. The average Bonchev–Trinajstić information content (AvgIpc) is 2.60. The van der Waals surface area contributed by atoms with Crippen molar-refractivity contribution in [2.24, 2.45) is 5.41 Å². The molecule has 27 heavy (non-hydrogen) atoms. The predicted octanol–water partition coefficient (Wildman–Crippen LogP) is 4.04. The molecule has 7 heteroatoms. The van der Waals surface area contributed by atoms with Gasteiger partial charge < -0.3 is 15.6 Å². The van der Waals surface area contributed by atoms with Crippen molar-refractivity contribution >= 4 is 49.3 Å². The van der Waals surface area contributed by atoms with Crippen LogP contribution in [0.5, 0.6) is 0 Å². The predicted molar refractivity (Wildman–Crippen MR) is 113 cm³/mol. The molecule has 3 aromatic rings. The molecule has 2 heterocycles. The SMILES string of the molecule is CNC(=O)c1c[nH]c(=O)c2c1nc(NC(C)C(C)(C)C)c1ccc(Br)cc12. The molecular formula is C20H23BrN4O2. The molecule has 0 saturated carbocycles. The average molecular weight is 431 g/mol. The number of pyridine rings is 2. The van der Waals surface area contributed by atoms with Crippen molar-refractivity contribution in [1.82, 2.24) is 15.3 Å². The van der Waals surface area contributed by atoms with Crippen molar-refractivity contribution in [2.75, 3.05) is 12.4 Å². The van der Waals surface area contributed by atoms with Crippen molar-refractivity contribution in [2.45, 2.75) is 33.7 Å². The van der Waals surface area contributed by atoms with Gasteiger partial charge in [-0.15, -0.1) is 0 Å². The topological polar surface area (TPSA) is 86.9 Å². The first-order valence-electron chi connectivity index (χ1n) is 8.76. The Morgan fingerprint density at radius 3 is 2.59 bits per heavy atom. The van der Waals surface area contributed by atoms with Gasteiger partial charge in [-0.1, -0.05) is 36.7 Å². The van der Waals surface area contributed by atoms with E-state index in [-0.39, 0.29) is 22.9 Å². The summed E-state index contributed by atoms with van der Waals surface area (Å²) >= 11 is 3.48. The van der Waals surface area contributed by atoms with Crippen molar-refractivity contribution in [3.05, 3.63) is 44.8 Å². The van der Waals surface area contributed by atoms with Gasteiger partial charge >= 0.3 is 0 Å². The van der Waals surface area contributed by atoms with E-state index in [2.05, 4.69) is 59.2 Å². The highest BCUT2D eigenvalue weighted by atomic mass is 79.9. The van der Waals surface area contributed by atoms with E-state index in [9.17, 15) is 9.59 Å². The van der Waals surface area contributed by atoms with Crippen molar-refractivity contribution < 1.29 is 4.79 Å². The highest BCUT2D eigenvalue weighted by molar-refractivity contribution is 9.10. The number of H-pyrrole nitrogens is 1. The summed E-state index contributed by atoms with van der Waals surface area (Å²) in [7, 11) is 1.55. The zero-order valence-electron chi connectivity index (χ0n) is 16.0. The van der Waals surface area contributed by atoms with E-state index in [1.165, 1.54) is 6.20 Å². The van der Waals surface area contributed by atoms with E-state index < -0.39 is 0 Å². The van der Waals surface area contributed by atoms with Crippen LogP contribution in [0, 0.1) is 5.41 Å². The second-order valence-electron chi connectivity index (χ2n) is 7.72. The first-order valence-corrected chi connectivity index (χ1v) is 9.56. The Morgan fingerprint density at radius 2 is 1.96 bits per heavy atom. The third-order valence-electron chi connectivity index (χ3n) is 4.92. The number of nitrogens with one attached hydrogen (secondary N) is 3. The van der Waals surface area contributed by atoms with Crippen LogP contribution in [0.1, 0.15) is 38.1 Å². The maximum atomic E-state index is 12.6. The zero-order chi connectivity index (χ0) is 19.9.